The van der Waals surface area contributed by atoms with Crippen molar-refractivity contribution in [2.75, 3.05) is 11.9 Å². The number of nitrogens with one attached hydrogen (secondary N) is 1. The molecule has 0 unspecified atom stereocenters. The van der Waals surface area contributed by atoms with Gasteiger partial charge in [0.25, 0.3) is 0 Å². The van der Waals surface area contributed by atoms with E-state index in [0.29, 0.717) is 5.58 Å². The Hall–Kier alpha value is -1.77. The largest absolute Gasteiger partial charge is 0.423 e. The summed E-state index contributed by atoms with van der Waals surface area (Å²) in [5, 5.41) is 4.18. The molecule has 0 fully saturated rings. The lowest BCUT2D eigenvalue weighted by atomic mass is 10.1. The maximum Gasteiger partial charge on any atom is 0.336 e. The fraction of sp³-hybridized carbons (Fsp3) is 0.250. The maximum absolute atomic E-state index is 11.1. The Kier molecular flexibility index (Phi) is 2.46. The van der Waals surface area contributed by atoms with Crippen LogP contribution in [0.2, 0.25) is 0 Å². The van der Waals surface area contributed by atoms with Gasteiger partial charge < -0.3 is 9.73 Å². The highest BCUT2D eigenvalue weighted by Crippen LogP contribution is 2.22. The van der Waals surface area contributed by atoms with Crippen molar-refractivity contribution in [1.29, 1.82) is 0 Å². The molecule has 2 rings (SSSR count). The monoisotopic (exact) mass is 203 g/mol. The number of anilines is 1. The number of hydrogen-bond donors (Lipinski definition) is 1. The van der Waals surface area contributed by atoms with E-state index >= 15 is 0 Å². The van der Waals surface area contributed by atoms with Gasteiger partial charge in [-0.15, -0.1) is 0 Å². The quantitative estimate of drug-likeness (QED) is 0.762. The average Bonchev–Trinajstić information content (AvgIpc) is 2.20. The van der Waals surface area contributed by atoms with Crippen LogP contribution in [-0.2, 0) is 0 Å². The molecular weight excluding hydrogens is 190 g/mol. The van der Waals surface area contributed by atoms with Gasteiger partial charge in [-0.1, -0.05) is 0 Å². The van der Waals surface area contributed by atoms with Gasteiger partial charge in [-0.05, 0) is 31.5 Å². The van der Waals surface area contributed by atoms with E-state index in [1.165, 1.54) is 6.07 Å². The molecule has 0 aliphatic carbocycles. The molecule has 0 aliphatic rings. The smallest absolute Gasteiger partial charge is 0.336 e. The molecule has 1 aromatic carbocycles. The molecule has 0 spiro atoms. The van der Waals surface area contributed by atoms with Crippen LogP contribution in [0.25, 0.3) is 11.0 Å². The van der Waals surface area contributed by atoms with Crippen LogP contribution < -0.4 is 10.9 Å². The standard InChI is InChI=1S/C12H13NO2/c1-3-13-10-7-11-9(6-8(10)2)4-5-12(14)15-11/h4-7,13H,3H2,1-2H3. The van der Waals surface area contributed by atoms with Gasteiger partial charge >= 0.3 is 5.63 Å². The van der Waals surface area contributed by atoms with Gasteiger partial charge in [0.2, 0.25) is 0 Å². The van der Waals surface area contributed by atoms with Gasteiger partial charge in [0.1, 0.15) is 5.58 Å². The predicted molar refractivity (Wildman–Crippen MR) is 61.4 cm³/mol. The predicted octanol–water partition coefficient (Wildman–Crippen LogP) is 2.53. The van der Waals surface area contributed by atoms with Crippen molar-refractivity contribution < 1.29 is 4.42 Å². The third-order valence-corrected chi connectivity index (χ3v) is 2.33. The SMILES string of the molecule is CCNc1cc2oc(=O)ccc2cc1C. The maximum atomic E-state index is 11.1. The normalized spacial score (nSPS) is 10.5. The van der Waals surface area contributed by atoms with Gasteiger partial charge in [0, 0.05) is 29.8 Å². The number of hydrogen-bond acceptors (Lipinski definition) is 3. The Balaban J connectivity index is 2.66. The molecule has 0 amide bonds. The summed E-state index contributed by atoms with van der Waals surface area (Å²) in [5.74, 6) is 0. The first-order valence-corrected chi connectivity index (χ1v) is 4.99. The summed E-state index contributed by atoms with van der Waals surface area (Å²) < 4.78 is 5.11. The molecule has 3 heteroatoms. The molecule has 78 valence electrons. The van der Waals surface area contributed by atoms with Gasteiger partial charge in [0.05, 0.1) is 0 Å². The van der Waals surface area contributed by atoms with Gasteiger partial charge in [-0.25, -0.2) is 4.79 Å². The Bertz CT molecular complexity index is 543. The topological polar surface area (TPSA) is 42.2 Å². The molecule has 0 aliphatic heterocycles. The van der Waals surface area contributed by atoms with E-state index < -0.39 is 0 Å². The molecule has 0 atom stereocenters. The number of rotatable bonds is 2. The van der Waals surface area contributed by atoms with Crippen LogP contribution in [0.5, 0.6) is 0 Å². The highest BCUT2D eigenvalue weighted by molar-refractivity contribution is 5.82. The van der Waals surface area contributed by atoms with Crippen molar-refractivity contribution in [2.24, 2.45) is 0 Å². The number of fused-ring (bicyclic) bond motifs is 1. The minimum Gasteiger partial charge on any atom is -0.423 e. The van der Waals surface area contributed by atoms with Crippen LogP contribution in [0.4, 0.5) is 5.69 Å². The lowest BCUT2D eigenvalue weighted by molar-refractivity contribution is 0.561. The first-order valence-electron chi connectivity index (χ1n) is 4.99. The summed E-state index contributed by atoms with van der Waals surface area (Å²) in [7, 11) is 0. The Morgan fingerprint density at radius 3 is 2.87 bits per heavy atom. The molecule has 0 radical (unpaired) electrons. The first kappa shape index (κ1) is 9.77. The van der Waals surface area contributed by atoms with E-state index in [1.54, 1.807) is 6.07 Å². The van der Waals surface area contributed by atoms with E-state index in [2.05, 4.69) is 5.32 Å². The molecule has 15 heavy (non-hydrogen) atoms. The molecule has 2 aromatic rings. The average molecular weight is 203 g/mol. The van der Waals surface area contributed by atoms with Crippen LogP contribution in [-0.4, -0.2) is 6.54 Å². The van der Waals surface area contributed by atoms with Crippen LogP contribution in [0.1, 0.15) is 12.5 Å². The third-order valence-electron chi connectivity index (χ3n) is 2.33. The molecule has 1 N–H and O–H groups in total. The summed E-state index contributed by atoms with van der Waals surface area (Å²) in [4.78, 5) is 11.1. The summed E-state index contributed by atoms with van der Waals surface area (Å²) in [6.07, 6.45) is 0. The van der Waals surface area contributed by atoms with Crippen molar-refractivity contribution >= 4 is 16.7 Å². The fourth-order valence-electron chi connectivity index (χ4n) is 1.61. The van der Waals surface area contributed by atoms with Gasteiger partial charge in [0.15, 0.2) is 0 Å². The summed E-state index contributed by atoms with van der Waals surface area (Å²) in [6.45, 7) is 4.91. The van der Waals surface area contributed by atoms with E-state index in [9.17, 15) is 4.79 Å². The molecule has 1 aromatic heterocycles. The minimum atomic E-state index is -0.311. The zero-order valence-electron chi connectivity index (χ0n) is 8.83. The molecule has 0 saturated carbocycles. The Labute approximate surface area is 87.7 Å². The number of benzene rings is 1. The first-order chi connectivity index (χ1) is 7.20. The minimum absolute atomic E-state index is 0.311. The molecule has 3 nitrogen and oxygen atoms in total. The van der Waals surface area contributed by atoms with Gasteiger partial charge in [-0.3, -0.25) is 0 Å². The van der Waals surface area contributed by atoms with Crippen molar-refractivity contribution in [3.63, 3.8) is 0 Å². The second-order valence-corrected chi connectivity index (χ2v) is 3.49. The van der Waals surface area contributed by atoms with E-state index in [4.69, 9.17) is 4.42 Å². The van der Waals surface area contributed by atoms with Crippen molar-refractivity contribution in [1.82, 2.24) is 0 Å². The van der Waals surface area contributed by atoms with Crippen molar-refractivity contribution in [2.45, 2.75) is 13.8 Å². The van der Waals surface area contributed by atoms with E-state index in [0.717, 1.165) is 23.2 Å². The summed E-state index contributed by atoms with van der Waals surface area (Å²) in [5.41, 5.74) is 2.48. The van der Waals surface area contributed by atoms with Gasteiger partial charge in [-0.2, -0.15) is 0 Å². The zero-order valence-corrected chi connectivity index (χ0v) is 8.83. The highest BCUT2D eigenvalue weighted by atomic mass is 16.4. The highest BCUT2D eigenvalue weighted by Gasteiger charge is 2.02. The molecule has 1 heterocycles. The fourth-order valence-corrected chi connectivity index (χ4v) is 1.61. The van der Waals surface area contributed by atoms with Crippen LogP contribution in [0, 0.1) is 6.92 Å². The third kappa shape index (κ3) is 1.86. The Morgan fingerprint density at radius 1 is 1.33 bits per heavy atom. The molecule has 0 saturated heterocycles. The van der Waals surface area contributed by atoms with Crippen molar-refractivity contribution in [3.05, 3.63) is 40.2 Å². The molecule has 0 bridgehead atoms. The second kappa shape index (κ2) is 3.77. The van der Waals surface area contributed by atoms with E-state index in [-0.39, 0.29) is 5.63 Å². The van der Waals surface area contributed by atoms with Crippen LogP contribution >= 0.6 is 0 Å². The lowest BCUT2D eigenvalue weighted by Gasteiger charge is -2.07. The van der Waals surface area contributed by atoms with Crippen LogP contribution in [0.3, 0.4) is 0 Å². The lowest BCUT2D eigenvalue weighted by Crippen LogP contribution is -2.00. The zero-order chi connectivity index (χ0) is 10.8. The van der Waals surface area contributed by atoms with Crippen LogP contribution in [0.15, 0.2) is 33.5 Å². The Morgan fingerprint density at radius 2 is 2.13 bits per heavy atom. The second-order valence-electron chi connectivity index (χ2n) is 3.49. The number of aryl methyl sites for hydroxylation is 1. The van der Waals surface area contributed by atoms with E-state index in [1.807, 2.05) is 26.0 Å². The summed E-state index contributed by atoms with van der Waals surface area (Å²) in [6, 6.07) is 7.10. The van der Waals surface area contributed by atoms with Crippen molar-refractivity contribution in [3.8, 4) is 0 Å². The summed E-state index contributed by atoms with van der Waals surface area (Å²) >= 11 is 0. The molecular formula is C12H13NO2.